The molecule has 0 spiro atoms. The Hall–Kier alpha value is -6.94. The Bertz CT molecular complexity index is 2190. The predicted molar refractivity (Wildman–Crippen MR) is 267 cm³/mol. The molecule has 0 aromatic heterocycles. The first-order valence-electron chi connectivity index (χ1n) is 24.4. The number of hydrogen-bond acceptors (Lipinski definition) is 12. The molecule has 2 aliphatic rings. The highest BCUT2D eigenvalue weighted by Gasteiger charge is 2.37. The molecule has 13 N–H and O–H groups in total. The maximum absolute atomic E-state index is 15.0. The fourth-order valence-electron chi connectivity index (χ4n) is 8.45. The van der Waals surface area contributed by atoms with Crippen molar-refractivity contribution in [3.8, 4) is 0 Å². The monoisotopic (exact) mass is 982 g/mol. The Morgan fingerprint density at radius 2 is 0.958 bits per heavy atom. The first-order valence-corrected chi connectivity index (χ1v) is 24.4. The second kappa shape index (κ2) is 29.3. The zero-order valence-electron chi connectivity index (χ0n) is 40.3. The van der Waals surface area contributed by atoms with Gasteiger partial charge in [-0.15, -0.1) is 0 Å². The van der Waals surface area contributed by atoms with Gasteiger partial charge in [0, 0.05) is 52.0 Å². The molecule has 0 bridgehead atoms. The number of aliphatic hydroxyl groups is 1. The summed E-state index contributed by atoms with van der Waals surface area (Å²) >= 11 is 0. The number of nitrogens with two attached hydrogens (primary N) is 3. The van der Waals surface area contributed by atoms with Gasteiger partial charge in [-0.1, -0.05) is 104 Å². The number of guanidine groups is 1. The van der Waals surface area contributed by atoms with Crippen LogP contribution in [0.4, 0.5) is 0 Å². The van der Waals surface area contributed by atoms with E-state index in [0.29, 0.717) is 37.3 Å². The summed E-state index contributed by atoms with van der Waals surface area (Å²) in [5, 5.41) is 32.3. The van der Waals surface area contributed by atoms with Gasteiger partial charge in [0.05, 0.1) is 19.7 Å². The van der Waals surface area contributed by atoms with Crippen LogP contribution in [0.3, 0.4) is 0 Å². The SMILES string of the molecule is NCC(=O)NCC(=O)N[C@@H](Cc1ccccc1)C(=O)N[C@@H](CO)C(=O)N[C@@H](Cc1ccccc1)C(=O)N[C@@H](CCCN=C(N)N)C(=O)N[C@@H](Cc1ccccc1)C(=O)N(N1CCCCC1)N1CCCCC1. The molecule has 5 atom stereocenters. The van der Waals surface area contributed by atoms with Crippen LogP contribution in [0.2, 0.25) is 0 Å². The highest BCUT2D eigenvalue weighted by molar-refractivity contribution is 5.97. The largest absolute Gasteiger partial charge is 0.394 e. The summed E-state index contributed by atoms with van der Waals surface area (Å²) in [4.78, 5) is 101. The summed E-state index contributed by atoms with van der Waals surface area (Å²) < 4.78 is 0. The summed E-state index contributed by atoms with van der Waals surface area (Å²) in [6.45, 7) is 1.17. The van der Waals surface area contributed by atoms with Gasteiger partial charge in [-0.2, -0.15) is 0 Å². The van der Waals surface area contributed by atoms with E-state index in [-0.39, 0.29) is 57.1 Å². The van der Waals surface area contributed by atoms with Gasteiger partial charge in [0.1, 0.15) is 30.2 Å². The molecule has 21 nitrogen and oxygen atoms in total. The molecular weight excluding hydrogens is 911 g/mol. The number of benzene rings is 3. The Morgan fingerprint density at radius 3 is 1.42 bits per heavy atom. The summed E-state index contributed by atoms with van der Waals surface area (Å²) in [5.41, 5.74) is 18.7. The lowest BCUT2D eigenvalue weighted by Gasteiger charge is -2.46. The van der Waals surface area contributed by atoms with Crippen molar-refractivity contribution in [2.75, 3.05) is 52.4 Å². The quantitative estimate of drug-likeness (QED) is 0.0260. The Kier molecular flexibility index (Phi) is 22.7. The molecule has 21 heteroatoms. The van der Waals surface area contributed by atoms with Gasteiger partial charge in [0.25, 0.3) is 5.91 Å². The number of hydrogen-bond donors (Lipinski definition) is 10. The third-order valence-electron chi connectivity index (χ3n) is 12.2. The van der Waals surface area contributed by atoms with E-state index in [0.717, 1.165) is 44.1 Å². The number of rotatable bonds is 26. The second-order valence-electron chi connectivity index (χ2n) is 17.7. The van der Waals surface area contributed by atoms with Gasteiger partial charge in [0.15, 0.2) is 5.96 Å². The smallest absolute Gasteiger partial charge is 0.274 e. The van der Waals surface area contributed by atoms with E-state index < -0.39 is 78.8 Å². The van der Waals surface area contributed by atoms with Crippen LogP contribution in [-0.2, 0) is 52.8 Å². The van der Waals surface area contributed by atoms with E-state index in [1.165, 1.54) is 0 Å². The lowest BCUT2D eigenvalue weighted by atomic mass is 10.0. The Balaban J connectivity index is 1.39. The molecule has 2 fully saturated rings. The molecule has 7 amide bonds. The number of carbonyl (C=O) groups is 7. The van der Waals surface area contributed by atoms with E-state index in [4.69, 9.17) is 17.2 Å². The van der Waals surface area contributed by atoms with Crippen molar-refractivity contribution < 1.29 is 38.7 Å². The van der Waals surface area contributed by atoms with Crippen LogP contribution in [-0.4, -0.2) is 150 Å². The fraction of sp³-hybridized carbons (Fsp3) is 0.480. The van der Waals surface area contributed by atoms with Gasteiger partial charge in [-0.05, 0) is 55.2 Å². The average Bonchev–Trinajstić information content (AvgIpc) is 3.38. The van der Waals surface area contributed by atoms with Crippen LogP contribution in [0.5, 0.6) is 0 Å². The highest BCUT2D eigenvalue weighted by atomic mass is 16.3. The van der Waals surface area contributed by atoms with Crippen LogP contribution in [0, 0.1) is 0 Å². The van der Waals surface area contributed by atoms with Crippen molar-refractivity contribution in [1.82, 2.24) is 47.0 Å². The van der Waals surface area contributed by atoms with Gasteiger partial charge in [-0.25, -0.2) is 15.1 Å². The molecule has 2 aliphatic heterocycles. The van der Waals surface area contributed by atoms with Crippen LogP contribution in [0.25, 0.3) is 0 Å². The van der Waals surface area contributed by atoms with Gasteiger partial charge < -0.3 is 54.2 Å². The Morgan fingerprint density at radius 1 is 0.549 bits per heavy atom. The number of hydrazine groups is 2. The number of nitrogens with zero attached hydrogens (tertiary/aromatic N) is 4. The zero-order valence-corrected chi connectivity index (χ0v) is 40.3. The molecular formula is C50H71N13O8. The van der Waals surface area contributed by atoms with E-state index in [2.05, 4.69) is 46.9 Å². The van der Waals surface area contributed by atoms with Crippen LogP contribution in [0.1, 0.15) is 68.1 Å². The van der Waals surface area contributed by atoms with Crippen molar-refractivity contribution in [1.29, 1.82) is 0 Å². The van der Waals surface area contributed by atoms with Gasteiger partial charge >= 0.3 is 0 Å². The lowest BCUT2D eigenvalue weighted by molar-refractivity contribution is -0.209. The van der Waals surface area contributed by atoms with Crippen molar-refractivity contribution in [2.24, 2.45) is 22.2 Å². The number of piperidine rings is 2. The lowest BCUT2D eigenvalue weighted by Crippen LogP contribution is -2.64. The molecule has 384 valence electrons. The minimum atomic E-state index is -1.60. The second-order valence-corrected chi connectivity index (χ2v) is 17.7. The highest BCUT2D eigenvalue weighted by Crippen LogP contribution is 2.21. The number of aliphatic imine (C=N–C) groups is 1. The third kappa shape index (κ3) is 18.4. The maximum Gasteiger partial charge on any atom is 0.274 e. The molecule has 5 rings (SSSR count). The molecule has 2 saturated heterocycles. The van der Waals surface area contributed by atoms with Crippen molar-refractivity contribution in [3.05, 3.63) is 108 Å². The molecule has 0 unspecified atom stereocenters. The van der Waals surface area contributed by atoms with Crippen molar-refractivity contribution >= 4 is 47.3 Å². The first kappa shape index (κ1) is 55.0. The summed E-state index contributed by atoms with van der Waals surface area (Å²) in [6.07, 6.45) is 6.18. The molecule has 3 aromatic carbocycles. The summed E-state index contributed by atoms with van der Waals surface area (Å²) in [7, 11) is 0. The zero-order chi connectivity index (χ0) is 51.0. The van der Waals surface area contributed by atoms with Gasteiger partial charge in [-0.3, -0.25) is 38.6 Å². The van der Waals surface area contributed by atoms with Crippen molar-refractivity contribution in [2.45, 2.75) is 101 Å². The normalized spacial score (nSPS) is 16.1. The summed E-state index contributed by atoms with van der Waals surface area (Å²) in [5.74, 6) is -4.92. The average molecular weight is 982 g/mol. The molecule has 71 heavy (non-hydrogen) atoms. The number of carbonyl (C=O) groups excluding carboxylic acids is 7. The van der Waals surface area contributed by atoms with Crippen LogP contribution in [0.15, 0.2) is 96.0 Å². The molecule has 0 saturated carbocycles. The topological polar surface area (TPSA) is 312 Å². The number of amides is 7. The summed E-state index contributed by atoms with van der Waals surface area (Å²) in [6, 6.07) is 20.4. The first-order chi connectivity index (χ1) is 34.3. The fourth-order valence-corrected chi connectivity index (χ4v) is 8.45. The van der Waals surface area contributed by atoms with Crippen molar-refractivity contribution in [3.63, 3.8) is 0 Å². The minimum Gasteiger partial charge on any atom is -0.394 e. The molecule has 2 heterocycles. The van der Waals surface area contributed by atoms with Crippen LogP contribution >= 0.6 is 0 Å². The maximum atomic E-state index is 15.0. The number of aliphatic hydroxyl groups excluding tert-OH is 1. The minimum absolute atomic E-state index is 0.0129. The molecule has 0 radical (unpaired) electrons. The third-order valence-corrected chi connectivity index (χ3v) is 12.2. The van der Waals surface area contributed by atoms with E-state index in [9.17, 15) is 38.7 Å². The number of nitrogens with one attached hydrogen (secondary N) is 6. The Labute approximate surface area is 415 Å². The van der Waals surface area contributed by atoms with E-state index in [1.54, 1.807) is 65.8 Å². The predicted octanol–water partition coefficient (Wildman–Crippen LogP) is -1.11. The van der Waals surface area contributed by atoms with E-state index >= 15 is 0 Å². The molecule has 3 aromatic rings. The van der Waals surface area contributed by atoms with Gasteiger partial charge in [0.2, 0.25) is 35.4 Å². The van der Waals surface area contributed by atoms with Crippen LogP contribution < -0.4 is 49.1 Å². The molecule has 0 aliphatic carbocycles. The standard InChI is InChI=1S/C50H71N13O8/c51-32-43(65)55-33-44(66)56-39(29-35-17-6-1-7-18-35)46(68)60-42(34-64)48(70)58-40(30-36-19-8-2-9-20-36)47(69)57-38(23-16-24-54-50(52)53)45(67)59-41(31-37-21-10-3-11-22-37)49(71)63(61-25-12-4-13-26-61)62-27-14-5-15-28-62/h1-3,6-11,17-22,38-42,64H,4-5,12-16,23-34,51H2,(H,55,65)(H,56,66)(H,57,69)(H,58,70)(H,59,67)(H,60,68)(H4,52,53,54)/t38-,39-,40-,41-,42-/m0/s1. The van der Waals surface area contributed by atoms with E-state index in [1.807, 2.05) is 30.3 Å².